The summed E-state index contributed by atoms with van der Waals surface area (Å²) in [6, 6.07) is 11.0. The van der Waals surface area contributed by atoms with Crippen LogP contribution in [0.2, 0.25) is 0 Å². The first kappa shape index (κ1) is 21.7. The maximum Gasteiger partial charge on any atom is 0.416 e. The van der Waals surface area contributed by atoms with Crippen LogP contribution in [0.3, 0.4) is 0 Å². The Balaban J connectivity index is 1.29. The van der Waals surface area contributed by atoms with E-state index in [0.717, 1.165) is 29.2 Å². The van der Waals surface area contributed by atoms with Crippen LogP contribution in [0, 0.1) is 0 Å². The minimum Gasteiger partial charge on any atom is -0.490 e. The van der Waals surface area contributed by atoms with Crippen molar-refractivity contribution in [3.63, 3.8) is 0 Å². The molecule has 0 saturated carbocycles. The lowest BCUT2D eigenvalue weighted by atomic mass is 10.1. The Bertz CT molecular complexity index is 930. The van der Waals surface area contributed by atoms with Crippen LogP contribution in [0.5, 0.6) is 11.5 Å². The molecule has 1 fully saturated rings. The Labute approximate surface area is 183 Å². The van der Waals surface area contributed by atoms with Crippen LogP contribution in [0.4, 0.5) is 18.9 Å². The third kappa shape index (κ3) is 5.39. The van der Waals surface area contributed by atoms with Crippen LogP contribution >= 0.6 is 11.8 Å². The van der Waals surface area contributed by atoms with Crippen LogP contribution in [-0.2, 0) is 11.0 Å². The number of ether oxygens (including phenoxy) is 2. The molecule has 0 aromatic heterocycles. The van der Waals surface area contributed by atoms with Crippen LogP contribution in [0.15, 0.2) is 47.4 Å². The van der Waals surface area contributed by atoms with Gasteiger partial charge in [0.2, 0.25) is 5.91 Å². The first-order valence-electron chi connectivity index (χ1n) is 10.1. The molecule has 5 nitrogen and oxygen atoms in total. The normalized spacial score (nSPS) is 16.7. The number of alkyl halides is 3. The molecule has 4 rings (SSSR count). The highest BCUT2D eigenvalue weighted by Crippen LogP contribution is 2.34. The number of carbonyl (C=O) groups excluding carboxylic acids is 1. The number of anilines is 1. The molecule has 1 amide bonds. The number of piperazine rings is 1. The fourth-order valence-corrected chi connectivity index (χ4v) is 4.39. The SMILES string of the molecule is O=C(CSc1ccc2c(c1)OCCCO2)N1CCN(c2cccc(C(F)(F)F)c2)CC1. The number of rotatable bonds is 4. The van der Waals surface area contributed by atoms with Gasteiger partial charge >= 0.3 is 6.18 Å². The third-order valence-corrected chi connectivity index (χ3v) is 6.23. The van der Waals surface area contributed by atoms with Crippen molar-refractivity contribution in [1.82, 2.24) is 4.90 Å². The van der Waals surface area contributed by atoms with Gasteiger partial charge in [0.25, 0.3) is 0 Å². The van der Waals surface area contributed by atoms with Crippen molar-refractivity contribution >= 4 is 23.4 Å². The van der Waals surface area contributed by atoms with Crippen LogP contribution in [0.1, 0.15) is 12.0 Å². The van der Waals surface area contributed by atoms with E-state index >= 15 is 0 Å². The van der Waals surface area contributed by atoms with E-state index in [9.17, 15) is 18.0 Å². The number of nitrogens with zero attached hydrogens (tertiary/aromatic N) is 2. The van der Waals surface area contributed by atoms with E-state index in [0.29, 0.717) is 56.6 Å². The summed E-state index contributed by atoms with van der Waals surface area (Å²) in [4.78, 5) is 17.2. The van der Waals surface area contributed by atoms with Crippen molar-refractivity contribution in [3.8, 4) is 11.5 Å². The zero-order valence-electron chi connectivity index (χ0n) is 16.9. The van der Waals surface area contributed by atoms with E-state index < -0.39 is 11.7 Å². The van der Waals surface area contributed by atoms with Gasteiger partial charge in [-0.25, -0.2) is 0 Å². The molecular formula is C22H23F3N2O3S. The van der Waals surface area contributed by atoms with Gasteiger partial charge in [-0.3, -0.25) is 4.79 Å². The Morgan fingerprint density at radius 2 is 1.71 bits per heavy atom. The molecule has 2 heterocycles. The number of carbonyl (C=O) groups is 1. The summed E-state index contributed by atoms with van der Waals surface area (Å²) < 4.78 is 50.2. The second-order valence-electron chi connectivity index (χ2n) is 7.36. The van der Waals surface area contributed by atoms with Crippen molar-refractivity contribution < 1.29 is 27.4 Å². The van der Waals surface area contributed by atoms with Crippen molar-refractivity contribution in [3.05, 3.63) is 48.0 Å². The van der Waals surface area contributed by atoms with E-state index in [-0.39, 0.29) is 5.91 Å². The molecule has 166 valence electrons. The van der Waals surface area contributed by atoms with E-state index in [1.165, 1.54) is 17.8 Å². The average Bonchev–Trinajstić information content (AvgIpc) is 3.02. The quantitative estimate of drug-likeness (QED) is 0.647. The number of benzene rings is 2. The van der Waals surface area contributed by atoms with Gasteiger partial charge < -0.3 is 19.3 Å². The molecule has 2 aromatic rings. The van der Waals surface area contributed by atoms with Gasteiger partial charge in [-0.05, 0) is 36.4 Å². The average molecular weight is 452 g/mol. The molecule has 0 radical (unpaired) electrons. The zero-order chi connectivity index (χ0) is 21.8. The minimum atomic E-state index is -4.36. The maximum atomic E-state index is 13.0. The molecular weight excluding hydrogens is 429 g/mol. The largest absolute Gasteiger partial charge is 0.490 e. The molecule has 9 heteroatoms. The Morgan fingerprint density at radius 3 is 2.45 bits per heavy atom. The fraction of sp³-hybridized carbons (Fsp3) is 0.409. The van der Waals surface area contributed by atoms with Crippen molar-refractivity contribution in [1.29, 1.82) is 0 Å². The highest BCUT2D eigenvalue weighted by atomic mass is 32.2. The number of halogens is 3. The van der Waals surface area contributed by atoms with Crippen molar-refractivity contribution in [2.24, 2.45) is 0 Å². The smallest absolute Gasteiger partial charge is 0.416 e. The van der Waals surface area contributed by atoms with Crippen LogP contribution in [0.25, 0.3) is 0 Å². The molecule has 2 aromatic carbocycles. The topological polar surface area (TPSA) is 42.0 Å². The molecule has 1 saturated heterocycles. The second kappa shape index (κ2) is 9.30. The molecule has 0 spiro atoms. The monoisotopic (exact) mass is 452 g/mol. The third-order valence-electron chi connectivity index (χ3n) is 5.25. The van der Waals surface area contributed by atoms with E-state index in [4.69, 9.17) is 9.47 Å². The first-order chi connectivity index (χ1) is 14.9. The fourth-order valence-electron chi connectivity index (χ4n) is 3.56. The molecule has 0 N–H and O–H groups in total. The predicted octanol–water partition coefficient (Wildman–Crippen LogP) is 4.31. The summed E-state index contributed by atoms with van der Waals surface area (Å²) >= 11 is 1.44. The molecule has 0 unspecified atom stereocenters. The Morgan fingerprint density at radius 1 is 0.968 bits per heavy atom. The van der Waals surface area contributed by atoms with Gasteiger partial charge in [0.15, 0.2) is 11.5 Å². The molecule has 0 aliphatic carbocycles. The van der Waals surface area contributed by atoms with Crippen molar-refractivity contribution in [2.45, 2.75) is 17.5 Å². The lowest BCUT2D eigenvalue weighted by molar-refractivity contribution is -0.137. The first-order valence-corrected chi connectivity index (χ1v) is 11.1. The van der Waals surface area contributed by atoms with Gasteiger partial charge in [0.05, 0.1) is 24.5 Å². The predicted molar refractivity (Wildman–Crippen MR) is 113 cm³/mol. The van der Waals surface area contributed by atoms with Gasteiger partial charge in [0, 0.05) is 43.2 Å². The van der Waals surface area contributed by atoms with Crippen molar-refractivity contribution in [2.75, 3.05) is 50.0 Å². The molecule has 2 aliphatic heterocycles. The lowest BCUT2D eigenvalue weighted by Crippen LogP contribution is -2.49. The van der Waals surface area contributed by atoms with Crippen LogP contribution in [-0.4, -0.2) is 56.0 Å². The van der Waals surface area contributed by atoms with Gasteiger partial charge in [-0.15, -0.1) is 11.8 Å². The summed E-state index contributed by atoms with van der Waals surface area (Å²) in [6.07, 6.45) is -3.53. The number of thioether (sulfide) groups is 1. The lowest BCUT2D eigenvalue weighted by Gasteiger charge is -2.36. The number of hydrogen-bond donors (Lipinski definition) is 0. The molecule has 0 bridgehead atoms. The molecule has 31 heavy (non-hydrogen) atoms. The zero-order valence-corrected chi connectivity index (χ0v) is 17.7. The Kier molecular flexibility index (Phi) is 6.50. The van der Waals surface area contributed by atoms with E-state index in [2.05, 4.69) is 0 Å². The highest BCUT2D eigenvalue weighted by Gasteiger charge is 2.31. The molecule has 2 aliphatic rings. The number of amides is 1. The summed E-state index contributed by atoms with van der Waals surface area (Å²) in [6.45, 7) is 3.21. The summed E-state index contributed by atoms with van der Waals surface area (Å²) in [5, 5.41) is 0. The van der Waals surface area contributed by atoms with Gasteiger partial charge in [-0.2, -0.15) is 13.2 Å². The summed E-state index contributed by atoms with van der Waals surface area (Å²) in [5.74, 6) is 1.73. The van der Waals surface area contributed by atoms with E-state index in [1.807, 2.05) is 23.1 Å². The summed E-state index contributed by atoms with van der Waals surface area (Å²) in [5.41, 5.74) is -0.126. The highest BCUT2D eigenvalue weighted by molar-refractivity contribution is 8.00. The van der Waals surface area contributed by atoms with Gasteiger partial charge in [0.1, 0.15) is 0 Å². The van der Waals surface area contributed by atoms with Crippen LogP contribution < -0.4 is 14.4 Å². The summed E-state index contributed by atoms with van der Waals surface area (Å²) in [7, 11) is 0. The molecule has 0 atom stereocenters. The van der Waals surface area contributed by atoms with Gasteiger partial charge in [-0.1, -0.05) is 6.07 Å². The minimum absolute atomic E-state index is 0.0146. The van der Waals surface area contributed by atoms with E-state index in [1.54, 1.807) is 11.0 Å². The number of fused-ring (bicyclic) bond motifs is 1. The maximum absolute atomic E-state index is 13.0. The standard InChI is InChI=1S/C22H23F3N2O3S/c23-22(24,25)16-3-1-4-17(13-16)26-7-9-27(10-8-26)21(28)15-31-18-5-6-19-20(14-18)30-12-2-11-29-19/h1,3-6,13-14H,2,7-12,15H2. The second-order valence-corrected chi connectivity index (χ2v) is 8.41. The number of hydrogen-bond acceptors (Lipinski definition) is 5. The Hall–Kier alpha value is -2.55.